The molecule has 164 valence electrons. The van der Waals surface area contributed by atoms with E-state index >= 15 is 0 Å². The average molecular weight is 468 g/mol. The number of fused-ring (bicyclic) bond motifs is 1. The summed E-state index contributed by atoms with van der Waals surface area (Å²) in [6.45, 7) is 0.0421. The minimum Gasteiger partial charge on any atom is -0.469 e. The highest BCUT2D eigenvalue weighted by molar-refractivity contribution is 7.88. The number of sulfonamides is 1. The van der Waals surface area contributed by atoms with Crippen LogP contribution in [0.1, 0.15) is 28.9 Å². The van der Waals surface area contributed by atoms with Gasteiger partial charge in [-0.05, 0) is 35.9 Å². The monoisotopic (exact) mass is 467 g/mol. The Morgan fingerprint density at radius 2 is 1.97 bits per heavy atom. The van der Waals surface area contributed by atoms with Crippen LogP contribution in [-0.4, -0.2) is 42.9 Å². The van der Waals surface area contributed by atoms with Crippen molar-refractivity contribution in [3.05, 3.63) is 58.6 Å². The van der Waals surface area contributed by atoms with Crippen molar-refractivity contribution in [3.8, 4) is 11.3 Å². The molecule has 3 aromatic rings. The van der Waals surface area contributed by atoms with Gasteiger partial charge in [-0.15, -0.1) is 0 Å². The molecule has 0 unspecified atom stereocenters. The maximum Gasteiger partial charge on any atom is 0.305 e. The molecule has 1 N–H and O–H groups in total. The van der Waals surface area contributed by atoms with Gasteiger partial charge in [0.05, 0.1) is 24.8 Å². The van der Waals surface area contributed by atoms with E-state index in [-0.39, 0.29) is 41.6 Å². The first-order valence-electron chi connectivity index (χ1n) is 9.10. The Kier molecular flexibility index (Phi) is 6.73. The highest BCUT2D eigenvalue weighted by Crippen LogP contribution is 2.32. The lowest BCUT2D eigenvalue weighted by molar-refractivity contribution is -0.140. The number of carbonyl (C=O) groups excluding carboxylic acids is 2. The Morgan fingerprint density at radius 3 is 2.61 bits per heavy atom. The van der Waals surface area contributed by atoms with Crippen LogP contribution in [0, 0.1) is 5.82 Å². The van der Waals surface area contributed by atoms with Crippen LogP contribution in [-0.2, 0) is 26.1 Å². The normalized spacial score (nSPS) is 11.6. The molecule has 3 rings (SSSR count). The van der Waals surface area contributed by atoms with Gasteiger partial charge >= 0.3 is 5.97 Å². The molecule has 2 heterocycles. The van der Waals surface area contributed by atoms with E-state index in [9.17, 15) is 22.4 Å². The number of rotatable bonds is 8. The topological polar surface area (TPSA) is 107 Å². The number of aromatic nitrogens is 2. The minimum atomic E-state index is -3.39. The molecule has 0 atom stereocenters. The van der Waals surface area contributed by atoms with Crippen molar-refractivity contribution in [3.63, 3.8) is 0 Å². The van der Waals surface area contributed by atoms with E-state index in [4.69, 9.17) is 11.6 Å². The third-order valence-electron chi connectivity index (χ3n) is 4.46. The number of nitrogens with zero attached hydrogens (tertiary/aromatic N) is 2. The second-order valence-corrected chi connectivity index (χ2v) is 9.03. The molecule has 0 amide bonds. The number of imidazole rings is 1. The SMILES string of the molecule is COC(=O)CCC(=O)c1c(-c2ccc(F)cc2Cl)nc2cc(CNS(C)(=O)=O)ccn12. The molecule has 11 heteroatoms. The molecule has 0 aliphatic carbocycles. The summed E-state index contributed by atoms with van der Waals surface area (Å²) in [4.78, 5) is 28.9. The van der Waals surface area contributed by atoms with Gasteiger partial charge in [0.15, 0.2) is 5.78 Å². The number of methoxy groups -OCH3 is 1. The number of hydrogen-bond acceptors (Lipinski definition) is 6. The van der Waals surface area contributed by atoms with Crippen LogP contribution < -0.4 is 4.72 Å². The third-order valence-corrected chi connectivity index (χ3v) is 5.44. The smallest absolute Gasteiger partial charge is 0.305 e. The molecule has 0 aliphatic heterocycles. The molecule has 31 heavy (non-hydrogen) atoms. The molecule has 2 aromatic heterocycles. The van der Waals surface area contributed by atoms with E-state index in [0.717, 1.165) is 12.3 Å². The van der Waals surface area contributed by atoms with E-state index in [2.05, 4.69) is 14.4 Å². The van der Waals surface area contributed by atoms with Crippen molar-refractivity contribution in [2.75, 3.05) is 13.4 Å². The number of halogens is 2. The van der Waals surface area contributed by atoms with Crippen LogP contribution in [0.25, 0.3) is 16.9 Å². The first-order chi connectivity index (χ1) is 14.6. The molecule has 0 fully saturated rings. The molecule has 0 spiro atoms. The summed E-state index contributed by atoms with van der Waals surface area (Å²) in [5.74, 6) is -1.45. The van der Waals surface area contributed by atoms with E-state index in [0.29, 0.717) is 16.8 Å². The third kappa shape index (κ3) is 5.46. The summed E-state index contributed by atoms with van der Waals surface area (Å²) >= 11 is 6.20. The zero-order chi connectivity index (χ0) is 22.8. The van der Waals surface area contributed by atoms with E-state index in [1.165, 1.54) is 23.6 Å². The van der Waals surface area contributed by atoms with Gasteiger partial charge < -0.3 is 4.74 Å². The predicted octanol–water partition coefficient (Wildman–Crippen LogP) is 2.98. The number of nitrogens with one attached hydrogen (secondary N) is 1. The van der Waals surface area contributed by atoms with Crippen LogP contribution in [0.15, 0.2) is 36.5 Å². The standard InChI is InChI=1S/C20H19ClFN3O5S/c1-30-18(27)6-5-16(26)20-19(14-4-3-13(22)10-15(14)21)24-17-9-12(7-8-25(17)20)11-23-31(2,28)29/h3-4,7-10,23H,5-6,11H2,1-2H3. The Balaban J connectivity index is 2.10. The number of carbonyl (C=O) groups is 2. The van der Waals surface area contributed by atoms with Crippen LogP contribution in [0.2, 0.25) is 5.02 Å². The van der Waals surface area contributed by atoms with Crippen molar-refractivity contribution in [1.82, 2.24) is 14.1 Å². The molecule has 0 radical (unpaired) electrons. The number of ketones is 1. The lowest BCUT2D eigenvalue weighted by atomic mass is 10.1. The van der Waals surface area contributed by atoms with Crippen LogP contribution >= 0.6 is 11.6 Å². The quantitative estimate of drug-likeness (QED) is 0.403. The number of pyridine rings is 1. The van der Waals surface area contributed by atoms with Gasteiger partial charge in [0, 0.05) is 24.7 Å². The van der Waals surface area contributed by atoms with E-state index < -0.39 is 21.8 Å². The molecule has 8 nitrogen and oxygen atoms in total. The minimum absolute atomic E-state index is 0.0421. The highest BCUT2D eigenvalue weighted by Gasteiger charge is 2.23. The van der Waals surface area contributed by atoms with Crippen molar-refractivity contribution >= 4 is 39.0 Å². The number of Topliss-reactive ketones (excluding diaryl/α,β-unsaturated/α-hetero) is 1. The van der Waals surface area contributed by atoms with Gasteiger partial charge in [-0.25, -0.2) is 22.5 Å². The lowest BCUT2D eigenvalue weighted by Crippen LogP contribution is -2.21. The van der Waals surface area contributed by atoms with Gasteiger partial charge in [0.25, 0.3) is 0 Å². The van der Waals surface area contributed by atoms with Crippen LogP contribution in [0.3, 0.4) is 0 Å². The largest absolute Gasteiger partial charge is 0.469 e. The predicted molar refractivity (Wildman–Crippen MR) is 113 cm³/mol. The number of esters is 1. The number of ether oxygens (including phenoxy) is 1. The van der Waals surface area contributed by atoms with Crippen molar-refractivity contribution in [2.45, 2.75) is 19.4 Å². The first kappa shape index (κ1) is 22.9. The summed E-state index contributed by atoms with van der Waals surface area (Å²) < 4.78 is 44.7. The summed E-state index contributed by atoms with van der Waals surface area (Å²) in [7, 11) is -2.16. The second-order valence-electron chi connectivity index (χ2n) is 6.79. The maximum absolute atomic E-state index is 13.5. The van der Waals surface area contributed by atoms with Gasteiger partial charge in [-0.3, -0.25) is 14.0 Å². The fourth-order valence-electron chi connectivity index (χ4n) is 2.98. The zero-order valence-corrected chi connectivity index (χ0v) is 18.3. The lowest BCUT2D eigenvalue weighted by Gasteiger charge is -2.07. The van der Waals surface area contributed by atoms with Gasteiger partial charge in [0.1, 0.15) is 22.9 Å². The Morgan fingerprint density at radius 1 is 1.23 bits per heavy atom. The van der Waals surface area contributed by atoms with Gasteiger partial charge in [-0.2, -0.15) is 0 Å². The van der Waals surface area contributed by atoms with Crippen LogP contribution in [0.4, 0.5) is 4.39 Å². The Hall–Kier alpha value is -2.82. The number of hydrogen-bond donors (Lipinski definition) is 1. The number of benzene rings is 1. The summed E-state index contributed by atoms with van der Waals surface area (Å²) in [6, 6.07) is 7.00. The molecule has 0 bridgehead atoms. The second kappa shape index (κ2) is 9.13. The zero-order valence-electron chi connectivity index (χ0n) is 16.7. The maximum atomic E-state index is 13.5. The van der Waals surface area contributed by atoms with Gasteiger partial charge in [-0.1, -0.05) is 11.6 Å². The van der Waals surface area contributed by atoms with E-state index in [1.807, 2.05) is 0 Å². The average Bonchev–Trinajstić information content (AvgIpc) is 3.08. The summed E-state index contributed by atoms with van der Waals surface area (Å²) in [5, 5.41) is 0.0735. The first-order valence-corrected chi connectivity index (χ1v) is 11.4. The molecular formula is C20H19ClFN3O5S. The van der Waals surface area contributed by atoms with Crippen molar-refractivity contribution in [2.24, 2.45) is 0 Å². The fourth-order valence-corrected chi connectivity index (χ4v) is 3.67. The highest BCUT2D eigenvalue weighted by atomic mass is 35.5. The molecule has 0 saturated heterocycles. The summed E-state index contributed by atoms with van der Waals surface area (Å²) in [5.41, 5.74) is 1.74. The summed E-state index contributed by atoms with van der Waals surface area (Å²) in [6.07, 6.45) is 2.39. The van der Waals surface area contributed by atoms with Gasteiger partial charge in [0.2, 0.25) is 10.0 Å². The fraction of sp³-hybridized carbons (Fsp3) is 0.250. The van der Waals surface area contributed by atoms with Crippen LogP contribution in [0.5, 0.6) is 0 Å². The Bertz CT molecular complexity index is 1270. The molecular weight excluding hydrogens is 449 g/mol. The Labute approximate surface area is 183 Å². The molecule has 1 aromatic carbocycles. The molecule has 0 aliphatic rings. The van der Waals surface area contributed by atoms with E-state index in [1.54, 1.807) is 18.3 Å². The van der Waals surface area contributed by atoms with Crippen molar-refractivity contribution < 1.29 is 27.1 Å². The van der Waals surface area contributed by atoms with Crippen molar-refractivity contribution in [1.29, 1.82) is 0 Å². The molecule has 0 saturated carbocycles.